The van der Waals surface area contributed by atoms with E-state index in [2.05, 4.69) is 10.1 Å². The molecule has 0 bridgehead atoms. The number of hydrogen-bond donors (Lipinski definition) is 1. The first-order valence-electron chi connectivity index (χ1n) is 7.27. The zero-order valence-corrected chi connectivity index (χ0v) is 13.8. The lowest BCUT2D eigenvalue weighted by molar-refractivity contribution is -0.140. The van der Waals surface area contributed by atoms with Crippen LogP contribution in [0, 0.1) is 0 Å². The van der Waals surface area contributed by atoms with Gasteiger partial charge in [-0.2, -0.15) is 0 Å². The van der Waals surface area contributed by atoms with Crippen molar-refractivity contribution >= 4 is 29.3 Å². The maximum absolute atomic E-state index is 12.6. The van der Waals surface area contributed by atoms with Crippen LogP contribution in [0.2, 0.25) is 5.02 Å². The van der Waals surface area contributed by atoms with Crippen molar-refractivity contribution in [2.45, 2.75) is 6.42 Å². The number of halogens is 1. The molecule has 0 heterocycles. The molecule has 2 rings (SSSR count). The van der Waals surface area contributed by atoms with Gasteiger partial charge in [0.25, 0.3) is 5.91 Å². The lowest BCUT2D eigenvalue weighted by atomic mass is 9.98. The molecule has 1 amide bonds. The van der Waals surface area contributed by atoms with Gasteiger partial charge in [0.05, 0.1) is 19.1 Å². The van der Waals surface area contributed by atoms with Crippen molar-refractivity contribution < 1.29 is 19.1 Å². The largest absolute Gasteiger partial charge is 0.469 e. The highest BCUT2D eigenvalue weighted by Crippen LogP contribution is 2.17. The fourth-order valence-electron chi connectivity index (χ4n) is 2.11. The second-order valence-electron chi connectivity index (χ2n) is 4.96. The molecular weight excluding hydrogens is 330 g/mol. The number of ketones is 1. The molecule has 1 N–H and O–H groups in total. The third-order valence-electron chi connectivity index (χ3n) is 3.37. The summed E-state index contributed by atoms with van der Waals surface area (Å²) in [6.07, 6.45) is 0.0650. The van der Waals surface area contributed by atoms with Crippen molar-refractivity contribution in [3.63, 3.8) is 0 Å². The first kappa shape index (κ1) is 17.7. The fourth-order valence-corrected chi connectivity index (χ4v) is 2.24. The van der Waals surface area contributed by atoms with E-state index in [4.69, 9.17) is 11.6 Å². The monoisotopic (exact) mass is 345 g/mol. The number of amides is 1. The highest BCUT2D eigenvalue weighted by Gasteiger charge is 2.18. The Hall–Kier alpha value is -2.66. The van der Waals surface area contributed by atoms with Gasteiger partial charge in [-0.15, -0.1) is 0 Å². The molecule has 24 heavy (non-hydrogen) atoms. The quantitative estimate of drug-likeness (QED) is 0.645. The Balaban J connectivity index is 2.17. The van der Waals surface area contributed by atoms with Crippen molar-refractivity contribution in [2.75, 3.05) is 13.7 Å². The minimum atomic E-state index is -0.420. The first-order valence-corrected chi connectivity index (χ1v) is 7.65. The van der Waals surface area contributed by atoms with Gasteiger partial charge in [-0.05, 0) is 30.3 Å². The van der Waals surface area contributed by atoms with E-state index in [0.717, 1.165) is 0 Å². The molecule has 5 nitrogen and oxygen atoms in total. The number of nitrogens with one attached hydrogen (secondary N) is 1. The second-order valence-corrected chi connectivity index (χ2v) is 5.40. The zero-order valence-electron chi connectivity index (χ0n) is 13.0. The number of ether oxygens (including phenoxy) is 1. The van der Waals surface area contributed by atoms with Gasteiger partial charge >= 0.3 is 5.97 Å². The Labute approximate surface area is 144 Å². The van der Waals surface area contributed by atoms with Crippen LogP contribution in [0.15, 0.2) is 48.5 Å². The van der Waals surface area contributed by atoms with E-state index < -0.39 is 11.9 Å². The number of carbonyl (C=O) groups excluding carboxylic acids is 3. The van der Waals surface area contributed by atoms with Crippen LogP contribution in [0.3, 0.4) is 0 Å². The molecule has 0 aliphatic carbocycles. The van der Waals surface area contributed by atoms with Crippen LogP contribution in [0.1, 0.15) is 32.7 Å². The topological polar surface area (TPSA) is 72.5 Å². The number of esters is 1. The maximum atomic E-state index is 12.6. The van der Waals surface area contributed by atoms with Gasteiger partial charge in [-0.25, -0.2) is 0 Å². The molecule has 0 aromatic heterocycles. The molecule has 0 saturated carbocycles. The first-order chi connectivity index (χ1) is 11.5. The lowest BCUT2D eigenvalue weighted by Crippen LogP contribution is -2.28. The van der Waals surface area contributed by atoms with E-state index in [9.17, 15) is 14.4 Å². The summed E-state index contributed by atoms with van der Waals surface area (Å²) in [5.74, 6) is -1.11. The van der Waals surface area contributed by atoms with E-state index in [1.54, 1.807) is 48.5 Å². The Kier molecular flexibility index (Phi) is 6.09. The average Bonchev–Trinajstić information content (AvgIpc) is 2.61. The summed E-state index contributed by atoms with van der Waals surface area (Å²) in [4.78, 5) is 36.0. The van der Waals surface area contributed by atoms with Gasteiger partial charge in [0, 0.05) is 22.7 Å². The summed E-state index contributed by atoms with van der Waals surface area (Å²) in [5.41, 5.74) is 0.979. The molecule has 0 atom stereocenters. The SMILES string of the molecule is COC(=O)CCNC(=O)c1ccccc1C(=O)c1ccc(Cl)cc1. The summed E-state index contributed by atoms with van der Waals surface area (Å²) in [6.45, 7) is 0.134. The van der Waals surface area contributed by atoms with Crippen molar-refractivity contribution in [3.05, 3.63) is 70.2 Å². The van der Waals surface area contributed by atoms with Gasteiger partial charge in [-0.1, -0.05) is 29.8 Å². The van der Waals surface area contributed by atoms with Crippen molar-refractivity contribution in [3.8, 4) is 0 Å². The third kappa shape index (κ3) is 4.43. The van der Waals surface area contributed by atoms with E-state index in [1.165, 1.54) is 7.11 Å². The maximum Gasteiger partial charge on any atom is 0.307 e. The van der Waals surface area contributed by atoms with Gasteiger partial charge < -0.3 is 10.1 Å². The summed E-state index contributed by atoms with van der Waals surface area (Å²) in [5, 5.41) is 3.14. The van der Waals surface area contributed by atoms with Gasteiger partial charge in [0.15, 0.2) is 5.78 Å². The molecule has 2 aromatic carbocycles. The molecular formula is C18H16ClNO4. The zero-order chi connectivity index (χ0) is 17.5. The smallest absolute Gasteiger partial charge is 0.307 e. The molecule has 0 radical (unpaired) electrons. The third-order valence-corrected chi connectivity index (χ3v) is 3.62. The molecule has 2 aromatic rings. The van der Waals surface area contributed by atoms with Gasteiger partial charge in [-0.3, -0.25) is 14.4 Å². The van der Waals surface area contributed by atoms with Crippen LogP contribution in [-0.4, -0.2) is 31.3 Å². The molecule has 0 unspecified atom stereocenters. The van der Waals surface area contributed by atoms with E-state index >= 15 is 0 Å². The highest BCUT2D eigenvalue weighted by atomic mass is 35.5. The molecule has 0 aliphatic rings. The van der Waals surface area contributed by atoms with Crippen LogP contribution in [0.5, 0.6) is 0 Å². The van der Waals surface area contributed by atoms with Crippen LogP contribution < -0.4 is 5.32 Å². The predicted molar refractivity (Wildman–Crippen MR) is 90.3 cm³/mol. The minimum Gasteiger partial charge on any atom is -0.469 e. The molecule has 6 heteroatoms. The lowest BCUT2D eigenvalue weighted by Gasteiger charge is -2.09. The molecule has 0 aliphatic heterocycles. The molecule has 0 fully saturated rings. The number of carbonyl (C=O) groups is 3. The summed E-state index contributed by atoms with van der Waals surface area (Å²) in [6, 6.07) is 13.0. The Bertz CT molecular complexity index is 756. The number of hydrogen-bond acceptors (Lipinski definition) is 4. The van der Waals surface area contributed by atoms with E-state index in [-0.39, 0.29) is 29.9 Å². The normalized spacial score (nSPS) is 10.1. The number of rotatable bonds is 6. The van der Waals surface area contributed by atoms with Crippen molar-refractivity contribution in [1.29, 1.82) is 0 Å². The van der Waals surface area contributed by atoms with Crippen LogP contribution >= 0.6 is 11.6 Å². The van der Waals surface area contributed by atoms with Gasteiger partial charge in [0.2, 0.25) is 0 Å². The summed E-state index contributed by atoms with van der Waals surface area (Å²) in [7, 11) is 1.28. The summed E-state index contributed by atoms with van der Waals surface area (Å²) < 4.78 is 4.51. The predicted octanol–water partition coefficient (Wildman–Crippen LogP) is 2.86. The molecule has 124 valence electrons. The Morgan fingerprint density at radius 2 is 1.62 bits per heavy atom. The van der Waals surface area contributed by atoms with Crippen molar-refractivity contribution in [1.82, 2.24) is 5.32 Å². The Morgan fingerprint density at radius 3 is 2.25 bits per heavy atom. The van der Waals surface area contributed by atoms with Gasteiger partial charge in [0.1, 0.15) is 0 Å². The van der Waals surface area contributed by atoms with E-state index in [1.807, 2.05) is 0 Å². The van der Waals surface area contributed by atoms with Crippen LogP contribution in [0.25, 0.3) is 0 Å². The average molecular weight is 346 g/mol. The number of methoxy groups -OCH3 is 1. The van der Waals surface area contributed by atoms with Crippen LogP contribution in [-0.2, 0) is 9.53 Å². The fraction of sp³-hybridized carbons (Fsp3) is 0.167. The van der Waals surface area contributed by atoms with Crippen molar-refractivity contribution in [2.24, 2.45) is 0 Å². The standard InChI is InChI=1S/C18H16ClNO4/c1-24-16(21)10-11-20-18(23)15-5-3-2-4-14(15)17(22)12-6-8-13(19)9-7-12/h2-9H,10-11H2,1H3,(H,20,23). The van der Waals surface area contributed by atoms with E-state index in [0.29, 0.717) is 10.6 Å². The molecule has 0 saturated heterocycles. The Morgan fingerprint density at radius 1 is 1.00 bits per heavy atom. The highest BCUT2D eigenvalue weighted by molar-refractivity contribution is 6.30. The minimum absolute atomic E-state index is 0.0650. The second kappa shape index (κ2) is 8.26. The summed E-state index contributed by atoms with van der Waals surface area (Å²) >= 11 is 5.83. The van der Waals surface area contributed by atoms with Crippen LogP contribution in [0.4, 0.5) is 0 Å². The molecule has 0 spiro atoms. The number of benzene rings is 2.